The smallest absolute Gasteiger partial charge is 0.362 e. The summed E-state index contributed by atoms with van der Waals surface area (Å²) in [6.45, 7) is 6.14. The zero-order chi connectivity index (χ0) is 21.2. The van der Waals surface area contributed by atoms with Crippen molar-refractivity contribution in [2.24, 2.45) is 5.92 Å². The minimum absolute atomic E-state index is 0.0605. The Morgan fingerprint density at radius 3 is 1.82 bits per heavy atom. The van der Waals surface area contributed by atoms with Gasteiger partial charge in [-0.2, -0.15) is 0 Å². The quantitative estimate of drug-likeness (QED) is 0.338. The maximum Gasteiger partial charge on any atom is 0.362 e. The van der Waals surface area contributed by atoms with Crippen LogP contribution in [-0.4, -0.2) is 49.3 Å². The molecule has 1 atom stereocenters. The highest BCUT2D eigenvalue weighted by molar-refractivity contribution is 6.07. The van der Waals surface area contributed by atoms with Gasteiger partial charge in [-0.05, 0) is 32.9 Å². The molecule has 0 aliphatic heterocycles. The summed E-state index contributed by atoms with van der Waals surface area (Å²) in [5.74, 6) is -4.86. The van der Waals surface area contributed by atoms with Crippen molar-refractivity contribution in [3.8, 4) is 0 Å². The highest BCUT2D eigenvalue weighted by atomic mass is 16.6. The Labute approximate surface area is 164 Å². The van der Waals surface area contributed by atoms with Gasteiger partial charge in [0.1, 0.15) is 0 Å². The summed E-state index contributed by atoms with van der Waals surface area (Å²) in [7, 11) is 0. The second-order valence-corrected chi connectivity index (χ2v) is 5.84. The molecule has 0 N–H and O–H groups in total. The van der Waals surface area contributed by atoms with E-state index < -0.39 is 35.4 Å². The lowest BCUT2D eigenvalue weighted by Gasteiger charge is -2.33. The van der Waals surface area contributed by atoms with Gasteiger partial charge in [0.05, 0.1) is 31.8 Å². The van der Waals surface area contributed by atoms with Gasteiger partial charge in [-0.15, -0.1) is 0 Å². The molecule has 1 unspecified atom stereocenters. The third-order valence-electron chi connectivity index (χ3n) is 3.89. The largest absolute Gasteiger partial charge is 0.466 e. The van der Waals surface area contributed by atoms with E-state index >= 15 is 0 Å². The molecular formula is C20H26O8. The van der Waals surface area contributed by atoms with Crippen molar-refractivity contribution in [2.75, 3.05) is 19.8 Å². The normalized spacial score (nSPS) is 11.9. The van der Waals surface area contributed by atoms with E-state index in [0.717, 1.165) is 0 Å². The first-order valence-corrected chi connectivity index (χ1v) is 9.11. The second-order valence-electron chi connectivity index (χ2n) is 5.84. The number of esters is 4. The molecule has 0 heterocycles. The maximum atomic E-state index is 12.8. The van der Waals surface area contributed by atoms with E-state index in [1.165, 1.54) is 19.1 Å². The lowest BCUT2D eigenvalue weighted by molar-refractivity contribution is -0.191. The lowest BCUT2D eigenvalue weighted by Crippen LogP contribution is -2.57. The Hall–Kier alpha value is -2.90. The molecule has 0 aromatic heterocycles. The fourth-order valence-corrected chi connectivity index (χ4v) is 2.54. The molecular weight excluding hydrogens is 368 g/mol. The fraction of sp³-hybridized carbons (Fsp3) is 0.500. The third kappa shape index (κ3) is 5.55. The molecule has 28 heavy (non-hydrogen) atoms. The second kappa shape index (κ2) is 11.1. The van der Waals surface area contributed by atoms with Crippen molar-refractivity contribution in [1.29, 1.82) is 0 Å². The lowest BCUT2D eigenvalue weighted by atomic mass is 9.85. The first-order valence-electron chi connectivity index (χ1n) is 9.11. The van der Waals surface area contributed by atoms with Gasteiger partial charge in [-0.1, -0.05) is 25.1 Å². The Kier molecular flexibility index (Phi) is 9.14. The molecule has 0 saturated carbocycles. The van der Waals surface area contributed by atoms with Crippen molar-refractivity contribution in [1.82, 2.24) is 0 Å². The SMILES string of the molecule is CCOC(=O)CC(C)C(OC(=O)c1ccccc1)(C(=O)OCC)C(=O)OCC. The van der Waals surface area contributed by atoms with Crippen LogP contribution in [0.25, 0.3) is 0 Å². The van der Waals surface area contributed by atoms with Crippen LogP contribution in [0.3, 0.4) is 0 Å². The Morgan fingerprint density at radius 2 is 1.36 bits per heavy atom. The molecule has 154 valence electrons. The number of carbonyl (C=O) groups is 4. The number of ether oxygens (including phenoxy) is 4. The average Bonchev–Trinajstić information content (AvgIpc) is 2.66. The molecule has 0 saturated heterocycles. The Bertz CT molecular complexity index is 665. The molecule has 1 rings (SSSR count). The minimum atomic E-state index is -2.44. The van der Waals surface area contributed by atoms with Gasteiger partial charge in [0.2, 0.25) is 0 Å². The van der Waals surface area contributed by atoms with Crippen LogP contribution in [0, 0.1) is 5.92 Å². The molecule has 0 amide bonds. The van der Waals surface area contributed by atoms with Crippen LogP contribution in [0.2, 0.25) is 0 Å². The first-order chi connectivity index (χ1) is 13.3. The van der Waals surface area contributed by atoms with Crippen molar-refractivity contribution in [3.05, 3.63) is 35.9 Å². The summed E-state index contributed by atoms with van der Waals surface area (Å²) in [4.78, 5) is 50.1. The molecule has 8 heteroatoms. The van der Waals surface area contributed by atoms with Gasteiger partial charge in [-0.3, -0.25) is 4.79 Å². The highest BCUT2D eigenvalue weighted by Gasteiger charge is 2.58. The highest BCUT2D eigenvalue weighted by Crippen LogP contribution is 2.30. The predicted molar refractivity (Wildman–Crippen MR) is 98.3 cm³/mol. The van der Waals surface area contributed by atoms with Gasteiger partial charge in [-0.25, -0.2) is 14.4 Å². The molecule has 0 fully saturated rings. The van der Waals surface area contributed by atoms with Gasteiger partial charge >= 0.3 is 29.5 Å². The summed E-state index contributed by atoms with van der Waals surface area (Å²) in [6.07, 6.45) is -0.354. The van der Waals surface area contributed by atoms with E-state index in [-0.39, 0.29) is 31.8 Å². The summed E-state index contributed by atoms with van der Waals surface area (Å²) in [5, 5.41) is 0. The number of benzene rings is 1. The molecule has 0 aliphatic rings. The molecule has 8 nitrogen and oxygen atoms in total. The Balaban J connectivity index is 3.37. The van der Waals surface area contributed by atoms with Crippen LogP contribution in [0.5, 0.6) is 0 Å². The van der Waals surface area contributed by atoms with Crippen molar-refractivity contribution >= 4 is 23.9 Å². The molecule has 0 bridgehead atoms. The molecule has 0 radical (unpaired) electrons. The van der Waals surface area contributed by atoms with Crippen LogP contribution in [0.1, 0.15) is 44.5 Å². The number of hydrogen-bond donors (Lipinski definition) is 0. The van der Waals surface area contributed by atoms with Gasteiger partial charge in [0.15, 0.2) is 0 Å². The van der Waals surface area contributed by atoms with Crippen LogP contribution in [0.15, 0.2) is 30.3 Å². The summed E-state index contributed by atoms with van der Waals surface area (Å²) in [6, 6.07) is 7.85. The fourth-order valence-electron chi connectivity index (χ4n) is 2.54. The summed E-state index contributed by atoms with van der Waals surface area (Å²) >= 11 is 0. The van der Waals surface area contributed by atoms with E-state index in [2.05, 4.69) is 0 Å². The number of carbonyl (C=O) groups excluding carboxylic acids is 4. The zero-order valence-corrected chi connectivity index (χ0v) is 16.6. The van der Waals surface area contributed by atoms with E-state index in [0.29, 0.717) is 0 Å². The van der Waals surface area contributed by atoms with Crippen LogP contribution in [0.4, 0.5) is 0 Å². The Morgan fingerprint density at radius 1 is 0.857 bits per heavy atom. The van der Waals surface area contributed by atoms with Crippen LogP contribution in [-0.2, 0) is 33.3 Å². The maximum absolute atomic E-state index is 12.8. The van der Waals surface area contributed by atoms with E-state index in [1.807, 2.05) is 0 Å². The molecule has 0 aliphatic carbocycles. The molecule has 1 aromatic carbocycles. The topological polar surface area (TPSA) is 105 Å². The van der Waals surface area contributed by atoms with E-state index in [1.54, 1.807) is 39.0 Å². The molecule has 0 spiro atoms. The molecule has 1 aromatic rings. The third-order valence-corrected chi connectivity index (χ3v) is 3.89. The van der Waals surface area contributed by atoms with Crippen molar-refractivity contribution in [2.45, 2.75) is 39.7 Å². The summed E-state index contributed by atoms with van der Waals surface area (Å²) < 4.78 is 20.3. The van der Waals surface area contributed by atoms with E-state index in [4.69, 9.17) is 18.9 Å². The van der Waals surface area contributed by atoms with E-state index in [9.17, 15) is 19.2 Å². The van der Waals surface area contributed by atoms with Gasteiger partial charge in [0, 0.05) is 5.92 Å². The van der Waals surface area contributed by atoms with Gasteiger partial charge < -0.3 is 18.9 Å². The van der Waals surface area contributed by atoms with Crippen LogP contribution >= 0.6 is 0 Å². The summed E-state index contributed by atoms with van der Waals surface area (Å²) in [5.41, 5.74) is -2.31. The monoisotopic (exact) mass is 394 g/mol. The minimum Gasteiger partial charge on any atom is -0.466 e. The first kappa shape index (κ1) is 23.1. The standard InChI is InChI=1S/C20H26O8/c1-5-25-16(21)13-14(4)20(18(23)26-6-2,19(24)27-7-3)28-17(22)15-11-9-8-10-12-15/h8-12,14H,5-7,13H2,1-4H3. The number of rotatable bonds is 10. The van der Waals surface area contributed by atoms with Crippen molar-refractivity contribution < 1.29 is 38.1 Å². The predicted octanol–water partition coefficient (Wildman–Crippen LogP) is 2.30. The zero-order valence-electron chi connectivity index (χ0n) is 16.6. The number of hydrogen-bond acceptors (Lipinski definition) is 8. The van der Waals surface area contributed by atoms with Crippen molar-refractivity contribution in [3.63, 3.8) is 0 Å². The van der Waals surface area contributed by atoms with Crippen LogP contribution < -0.4 is 0 Å². The van der Waals surface area contributed by atoms with Gasteiger partial charge in [0.25, 0.3) is 0 Å². The average molecular weight is 394 g/mol.